The Bertz CT molecular complexity index is 699. The third kappa shape index (κ3) is 30.1. The fourth-order valence-corrected chi connectivity index (χ4v) is 4.00. The van der Waals surface area contributed by atoms with Gasteiger partial charge in [-0.1, -0.05) is 144 Å². The van der Waals surface area contributed by atoms with E-state index in [1.54, 1.807) is 12.2 Å². The minimum absolute atomic E-state index is 0.319. The molecule has 0 radical (unpaired) electrons. The zero-order valence-corrected chi connectivity index (χ0v) is 24.1. The lowest BCUT2D eigenvalue weighted by Gasteiger charge is -2.02. The van der Waals surface area contributed by atoms with Crippen LogP contribution in [0.25, 0.3) is 0 Å². The fraction of sp³-hybridized carbons (Fsp3) is 0.618. The van der Waals surface area contributed by atoms with Crippen LogP contribution >= 0.6 is 0 Å². The number of carbonyl (C=O) groups is 1. The number of aliphatic hydroxyl groups excluding tert-OH is 2. The Morgan fingerprint density at radius 1 is 0.579 bits per heavy atom. The van der Waals surface area contributed by atoms with Crippen LogP contribution in [0, 0.1) is 0 Å². The van der Waals surface area contributed by atoms with Gasteiger partial charge in [-0.2, -0.15) is 0 Å². The Labute approximate surface area is 233 Å². The number of unbranched alkanes of at least 4 members (excludes halogenated alkanes) is 12. The van der Waals surface area contributed by atoms with Crippen molar-refractivity contribution in [1.29, 1.82) is 0 Å². The van der Waals surface area contributed by atoms with Crippen molar-refractivity contribution in [3.05, 3.63) is 72.9 Å². The summed E-state index contributed by atoms with van der Waals surface area (Å²) in [6.45, 7) is 2.07. The van der Waals surface area contributed by atoms with E-state index in [4.69, 9.17) is 5.11 Å². The van der Waals surface area contributed by atoms with Gasteiger partial charge >= 0.3 is 5.97 Å². The summed E-state index contributed by atoms with van der Waals surface area (Å²) in [5.41, 5.74) is 0. The molecule has 0 bridgehead atoms. The second kappa shape index (κ2) is 29.4. The predicted molar refractivity (Wildman–Crippen MR) is 163 cm³/mol. The zero-order chi connectivity index (χ0) is 27.9. The summed E-state index contributed by atoms with van der Waals surface area (Å²) in [6.07, 6.45) is 42.1. The van der Waals surface area contributed by atoms with Gasteiger partial charge in [0, 0.05) is 6.42 Å². The summed E-state index contributed by atoms with van der Waals surface area (Å²) in [6, 6.07) is 0. The monoisotopic (exact) mass is 528 g/mol. The molecule has 0 aliphatic rings. The number of carboxylic acid groups (broad SMARTS) is 1. The van der Waals surface area contributed by atoms with E-state index < -0.39 is 18.2 Å². The molecule has 4 nitrogen and oxygen atoms in total. The molecule has 0 heterocycles. The molecule has 38 heavy (non-hydrogen) atoms. The molecule has 0 saturated heterocycles. The summed E-state index contributed by atoms with van der Waals surface area (Å²) >= 11 is 0. The topological polar surface area (TPSA) is 77.8 Å². The van der Waals surface area contributed by atoms with E-state index in [2.05, 4.69) is 31.2 Å². The molecule has 0 aliphatic carbocycles. The molecule has 0 aliphatic heterocycles. The molecular weight excluding hydrogens is 472 g/mol. The largest absolute Gasteiger partial charge is 0.481 e. The molecule has 0 aromatic carbocycles. The maximum absolute atomic E-state index is 10.5. The predicted octanol–water partition coefficient (Wildman–Crippen LogP) is 9.17. The highest BCUT2D eigenvalue weighted by atomic mass is 16.4. The third-order valence-corrected chi connectivity index (χ3v) is 6.27. The van der Waals surface area contributed by atoms with Crippen molar-refractivity contribution in [3.63, 3.8) is 0 Å². The maximum Gasteiger partial charge on any atom is 0.303 e. The lowest BCUT2D eigenvalue weighted by atomic mass is 10.0. The smallest absolute Gasteiger partial charge is 0.303 e. The van der Waals surface area contributed by atoms with E-state index in [1.807, 2.05) is 36.5 Å². The molecule has 0 fully saturated rings. The molecule has 0 aromatic heterocycles. The number of hydrogen-bond donors (Lipinski definition) is 3. The van der Waals surface area contributed by atoms with Gasteiger partial charge < -0.3 is 15.3 Å². The lowest BCUT2D eigenvalue weighted by molar-refractivity contribution is -0.137. The second-order valence-corrected chi connectivity index (χ2v) is 9.99. The van der Waals surface area contributed by atoms with Crippen LogP contribution < -0.4 is 0 Å². The minimum atomic E-state index is -0.672. The molecule has 0 spiro atoms. The van der Waals surface area contributed by atoms with Gasteiger partial charge in [0.1, 0.15) is 0 Å². The van der Waals surface area contributed by atoms with Gasteiger partial charge in [-0.3, -0.25) is 4.79 Å². The molecule has 216 valence electrons. The molecule has 2 atom stereocenters. The van der Waals surface area contributed by atoms with E-state index in [0.29, 0.717) is 19.3 Å². The van der Waals surface area contributed by atoms with Crippen LogP contribution in [0.5, 0.6) is 0 Å². The SMILES string of the molecule is CC/C=C\CC(O)\C=C/C=C/C=C/C(O)C/C=C\C/C=C\CCCCCCCCCCCCCCC(=O)O. The first-order chi connectivity index (χ1) is 18.6. The van der Waals surface area contributed by atoms with Gasteiger partial charge in [-0.15, -0.1) is 0 Å². The van der Waals surface area contributed by atoms with Crippen LogP contribution in [0.2, 0.25) is 0 Å². The Kier molecular flexibility index (Phi) is 27.7. The second-order valence-electron chi connectivity index (χ2n) is 9.99. The minimum Gasteiger partial charge on any atom is -0.481 e. The van der Waals surface area contributed by atoms with Crippen molar-refractivity contribution >= 4 is 5.97 Å². The van der Waals surface area contributed by atoms with Gasteiger partial charge in [0.05, 0.1) is 12.2 Å². The molecule has 4 heteroatoms. The van der Waals surface area contributed by atoms with E-state index >= 15 is 0 Å². The average molecular weight is 529 g/mol. The van der Waals surface area contributed by atoms with Crippen LogP contribution in [0.1, 0.15) is 122 Å². The first kappa shape index (κ1) is 35.8. The summed E-state index contributed by atoms with van der Waals surface area (Å²) < 4.78 is 0. The van der Waals surface area contributed by atoms with Crippen LogP contribution in [-0.2, 0) is 4.79 Å². The highest BCUT2D eigenvalue weighted by Gasteiger charge is 1.97. The first-order valence-corrected chi connectivity index (χ1v) is 15.1. The molecule has 3 N–H and O–H groups in total. The van der Waals surface area contributed by atoms with Gasteiger partial charge in [-0.25, -0.2) is 0 Å². The van der Waals surface area contributed by atoms with Crippen molar-refractivity contribution < 1.29 is 20.1 Å². The van der Waals surface area contributed by atoms with Crippen molar-refractivity contribution in [1.82, 2.24) is 0 Å². The van der Waals surface area contributed by atoms with Gasteiger partial charge in [0.15, 0.2) is 0 Å². The van der Waals surface area contributed by atoms with Crippen LogP contribution in [0.3, 0.4) is 0 Å². The summed E-state index contributed by atoms with van der Waals surface area (Å²) in [7, 11) is 0. The van der Waals surface area contributed by atoms with Crippen molar-refractivity contribution in [3.8, 4) is 0 Å². The van der Waals surface area contributed by atoms with E-state index in [1.165, 1.54) is 64.2 Å². The van der Waals surface area contributed by atoms with Crippen LogP contribution in [0.4, 0.5) is 0 Å². The number of rotatable bonds is 26. The normalized spacial score (nSPS) is 14.4. The summed E-state index contributed by atoms with van der Waals surface area (Å²) in [4.78, 5) is 10.5. The molecule has 0 amide bonds. The number of carboxylic acids is 1. The van der Waals surface area contributed by atoms with Crippen molar-refractivity contribution in [2.24, 2.45) is 0 Å². The molecule has 2 unspecified atom stereocenters. The van der Waals surface area contributed by atoms with Crippen molar-refractivity contribution in [2.75, 3.05) is 0 Å². The maximum atomic E-state index is 10.5. The van der Waals surface area contributed by atoms with Crippen molar-refractivity contribution in [2.45, 2.75) is 135 Å². The third-order valence-electron chi connectivity index (χ3n) is 6.27. The van der Waals surface area contributed by atoms with E-state index in [-0.39, 0.29) is 0 Å². The standard InChI is InChI=1S/C34H56O4/c1-2-3-22-27-32(35)29-24-20-21-25-30-33(36)28-23-18-16-14-12-10-8-6-4-5-7-9-11-13-15-17-19-26-31-34(37)38/h3,12,14,18,20-25,29-30,32-33,35-36H,2,4-11,13,15-17,19,26-28,31H2,1H3,(H,37,38)/b14-12-,21-20+,22-3-,23-18-,29-24-,30-25+. The van der Waals surface area contributed by atoms with Gasteiger partial charge in [0.25, 0.3) is 0 Å². The Morgan fingerprint density at radius 2 is 1.03 bits per heavy atom. The zero-order valence-electron chi connectivity index (χ0n) is 24.1. The number of aliphatic hydroxyl groups is 2. The van der Waals surface area contributed by atoms with E-state index in [9.17, 15) is 15.0 Å². The highest BCUT2D eigenvalue weighted by Crippen LogP contribution is 2.13. The summed E-state index contributed by atoms with van der Waals surface area (Å²) in [5.74, 6) is -0.672. The molecule has 0 aromatic rings. The number of allylic oxidation sites excluding steroid dienone is 8. The number of aliphatic carboxylic acids is 1. The quantitative estimate of drug-likeness (QED) is 0.0594. The summed E-state index contributed by atoms with van der Waals surface area (Å²) in [5, 5.41) is 28.4. The van der Waals surface area contributed by atoms with Crippen LogP contribution in [-0.4, -0.2) is 33.5 Å². The first-order valence-electron chi connectivity index (χ1n) is 15.1. The molecule has 0 saturated carbocycles. The van der Waals surface area contributed by atoms with Gasteiger partial charge in [0.2, 0.25) is 0 Å². The Balaban J connectivity index is 3.53. The molecule has 0 rings (SSSR count). The number of hydrogen-bond acceptors (Lipinski definition) is 3. The fourth-order valence-electron chi connectivity index (χ4n) is 4.00. The van der Waals surface area contributed by atoms with E-state index in [0.717, 1.165) is 32.1 Å². The Morgan fingerprint density at radius 3 is 1.53 bits per heavy atom. The molecular formula is C34H56O4. The lowest BCUT2D eigenvalue weighted by Crippen LogP contribution is -1.98. The average Bonchev–Trinajstić information content (AvgIpc) is 2.89. The Hall–Kier alpha value is -2.17. The van der Waals surface area contributed by atoms with Crippen LogP contribution in [0.15, 0.2) is 72.9 Å². The highest BCUT2D eigenvalue weighted by molar-refractivity contribution is 5.66. The van der Waals surface area contributed by atoms with Gasteiger partial charge in [-0.05, 0) is 44.9 Å².